The number of phenols is 1. The van der Waals surface area contributed by atoms with E-state index in [0.717, 1.165) is 12.1 Å². The van der Waals surface area contributed by atoms with Crippen LogP contribution in [-0.4, -0.2) is 31.1 Å². The van der Waals surface area contributed by atoms with Crippen molar-refractivity contribution in [3.63, 3.8) is 0 Å². The number of methoxy groups -OCH3 is 2. The predicted octanol–water partition coefficient (Wildman–Crippen LogP) is 4.02. The first-order valence-corrected chi connectivity index (χ1v) is 7.86. The van der Waals surface area contributed by atoms with Gasteiger partial charge in [-0.25, -0.2) is 4.79 Å². The zero-order chi connectivity index (χ0) is 20.2. The molecule has 0 saturated heterocycles. The summed E-state index contributed by atoms with van der Waals surface area (Å²) in [6.45, 7) is 0. The van der Waals surface area contributed by atoms with Gasteiger partial charge in [-0.15, -0.1) is 0 Å². The number of esters is 1. The normalized spacial score (nSPS) is 11.1. The molecule has 27 heavy (non-hydrogen) atoms. The standard InChI is InChI=1S/C19H17F3O5/c1-26-13-5-6-14(15(10-13)19(20,21)22)17(24)8-3-11-9-12(18(25)27-2)4-7-16(11)23/h4-7,9-10,23H,3,8H2,1-2H3. The number of alkyl halides is 3. The molecule has 0 radical (unpaired) electrons. The number of halogens is 3. The molecule has 1 N–H and O–H groups in total. The summed E-state index contributed by atoms with van der Waals surface area (Å²) in [5.74, 6) is -1.55. The Morgan fingerprint density at radius 2 is 1.78 bits per heavy atom. The van der Waals surface area contributed by atoms with Crippen molar-refractivity contribution in [1.82, 2.24) is 0 Å². The van der Waals surface area contributed by atoms with Crippen LogP contribution < -0.4 is 4.74 Å². The molecule has 0 bridgehead atoms. The fourth-order valence-electron chi connectivity index (χ4n) is 2.54. The van der Waals surface area contributed by atoms with E-state index in [2.05, 4.69) is 4.74 Å². The summed E-state index contributed by atoms with van der Waals surface area (Å²) < 4.78 is 49.1. The Labute approximate surface area is 153 Å². The van der Waals surface area contributed by atoms with Crippen molar-refractivity contribution in [3.8, 4) is 11.5 Å². The lowest BCUT2D eigenvalue weighted by Gasteiger charge is -2.14. The molecule has 2 aromatic carbocycles. The predicted molar refractivity (Wildman–Crippen MR) is 90.1 cm³/mol. The minimum absolute atomic E-state index is 0.0118. The summed E-state index contributed by atoms with van der Waals surface area (Å²) in [6, 6.07) is 7.06. The lowest BCUT2D eigenvalue weighted by Crippen LogP contribution is -2.14. The van der Waals surface area contributed by atoms with Crippen LogP contribution in [0.25, 0.3) is 0 Å². The Balaban J connectivity index is 2.25. The van der Waals surface area contributed by atoms with Crippen molar-refractivity contribution in [3.05, 3.63) is 58.7 Å². The Morgan fingerprint density at radius 1 is 1.07 bits per heavy atom. The molecule has 2 aromatic rings. The number of rotatable bonds is 6. The molecule has 8 heteroatoms. The molecule has 0 aliphatic rings. The van der Waals surface area contributed by atoms with E-state index in [4.69, 9.17) is 4.74 Å². The molecular formula is C19H17F3O5. The van der Waals surface area contributed by atoms with Gasteiger partial charge in [-0.2, -0.15) is 13.2 Å². The maximum Gasteiger partial charge on any atom is 0.417 e. The Hall–Kier alpha value is -3.03. The summed E-state index contributed by atoms with van der Waals surface area (Å²) >= 11 is 0. The minimum atomic E-state index is -4.72. The van der Waals surface area contributed by atoms with Crippen molar-refractivity contribution in [2.45, 2.75) is 19.0 Å². The van der Waals surface area contributed by atoms with Crippen LogP contribution in [-0.2, 0) is 17.3 Å². The van der Waals surface area contributed by atoms with E-state index in [1.165, 1.54) is 38.5 Å². The van der Waals surface area contributed by atoms with Gasteiger partial charge in [0, 0.05) is 12.0 Å². The van der Waals surface area contributed by atoms with E-state index in [0.29, 0.717) is 0 Å². The van der Waals surface area contributed by atoms with Crippen LogP contribution >= 0.6 is 0 Å². The maximum absolute atomic E-state index is 13.2. The molecule has 0 aromatic heterocycles. The van der Waals surface area contributed by atoms with Gasteiger partial charge in [0.25, 0.3) is 0 Å². The van der Waals surface area contributed by atoms with Crippen LogP contribution in [0, 0.1) is 0 Å². The van der Waals surface area contributed by atoms with Crippen molar-refractivity contribution < 1.29 is 37.3 Å². The summed E-state index contributed by atoms with van der Waals surface area (Å²) in [5, 5.41) is 9.87. The molecule has 0 aliphatic carbocycles. The number of ketones is 1. The van der Waals surface area contributed by atoms with Gasteiger partial charge in [0.15, 0.2) is 5.78 Å². The zero-order valence-corrected chi connectivity index (χ0v) is 14.6. The van der Waals surface area contributed by atoms with Crippen molar-refractivity contribution in [2.24, 2.45) is 0 Å². The van der Waals surface area contributed by atoms with Crippen molar-refractivity contribution in [2.75, 3.05) is 14.2 Å². The lowest BCUT2D eigenvalue weighted by molar-refractivity contribution is -0.138. The number of phenolic OH excluding ortho intramolecular Hbond substituents is 1. The van der Waals surface area contributed by atoms with Gasteiger partial charge in [0.05, 0.1) is 25.3 Å². The molecule has 0 saturated carbocycles. The van der Waals surface area contributed by atoms with Crippen LogP contribution in [0.15, 0.2) is 36.4 Å². The number of carbonyl (C=O) groups is 2. The lowest BCUT2D eigenvalue weighted by atomic mass is 9.97. The van der Waals surface area contributed by atoms with Gasteiger partial charge >= 0.3 is 12.1 Å². The summed E-state index contributed by atoms with van der Waals surface area (Å²) in [6.07, 6.45) is -5.04. The van der Waals surface area contributed by atoms with Gasteiger partial charge in [-0.3, -0.25) is 4.79 Å². The molecule has 0 amide bonds. The topological polar surface area (TPSA) is 72.8 Å². The highest BCUT2D eigenvalue weighted by Crippen LogP contribution is 2.35. The highest BCUT2D eigenvalue weighted by atomic mass is 19.4. The third-order valence-electron chi connectivity index (χ3n) is 3.95. The number of Topliss-reactive ketones (excluding diaryl/α,β-unsaturated/α-hetero) is 1. The van der Waals surface area contributed by atoms with E-state index in [1.54, 1.807) is 0 Å². The number of aromatic hydroxyl groups is 1. The van der Waals surface area contributed by atoms with Crippen LogP contribution in [0.1, 0.15) is 38.3 Å². The van der Waals surface area contributed by atoms with Gasteiger partial charge < -0.3 is 14.6 Å². The second-order valence-corrected chi connectivity index (χ2v) is 5.67. The third kappa shape index (κ3) is 4.78. The first kappa shape index (κ1) is 20.3. The Kier molecular flexibility index (Phi) is 6.09. The van der Waals surface area contributed by atoms with E-state index in [9.17, 15) is 27.9 Å². The molecule has 2 rings (SSSR count). The smallest absolute Gasteiger partial charge is 0.417 e. The molecule has 0 heterocycles. The monoisotopic (exact) mass is 382 g/mol. The number of carbonyl (C=O) groups excluding carboxylic acids is 2. The number of benzene rings is 2. The van der Waals surface area contributed by atoms with Gasteiger partial charge in [-0.05, 0) is 48.4 Å². The Morgan fingerprint density at radius 3 is 2.37 bits per heavy atom. The fraction of sp³-hybridized carbons (Fsp3) is 0.263. The molecule has 0 unspecified atom stereocenters. The molecule has 0 fully saturated rings. The van der Waals surface area contributed by atoms with Gasteiger partial charge in [0.2, 0.25) is 0 Å². The molecule has 0 atom stereocenters. The largest absolute Gasteiger partial charge is 0.508 e. The van der Waals surface area contributed by atoms with Crippen molar-refractivity contribution in [1.29, 1.82) is 0 Å². The van der Waals surface area contributed by atoms with Gasteiger partial charge in [0.1, 0.15) is 11.5 Å². The highest BCUT2D eigenvalue weighted by Gasteiger charge is 2.35. The zero-order valence-electron chi connectivity index (χ0n) is 14.6. The van der Waals surface area contributed by atoms with Crippen LogP contribution in [0.3, 0.4) is 0 Å². The highest BCUT2D eigenvalue weighted by molar-refractivity contribution is 5.98. The van der Waals surface area contributed by atoms with Crippen molar-refractivity contribution >= 4 is 11.8 Å². The maximum atomic E-state index is 13.2. The molecule has 0 aliphatic heterocycles. The average molecular weight is 382 g/mol. The second kappa shape index (κ2) is 8.11. The van der Waals surface area contributed by atoms with Crippen LogP contribution in [0.4, 0.5) is 13.2 Å². The molecular weight excluding hydrogens is 365 g/mol. The molecule has 144 valence electrons. The average Bonchev–Trinajstić information content (AvgIpc) is 2.65. The Bertz CT molecular complexity index is 859. The first-order chi connectivity index (χ1) is 12.7. The molecule has 0 spiro atoms. The minimum Gasteiger partial charge on any atom is -0.508 e. The third-order valence-corrected chi connectivity index (χ3v) is 3.95. The SMILES string of the molecule is COC(=O)c1ccc(O)c(CCC(=O)c2ccc(OC)cc2C(F)(F)F)c1. The van der Waals surface area contributed by atoms with E-state index >= 15 is 0 Å². The fourth-order valence-corrected chi connectivity index (χ4v) is 2.54. The van der Waals surface area contributed by atoms with Crippen LogP contribution in [0.2, 0.25) is 0 Å². The van der Waals surface area contributed by atoms with Crippen LogP contribution in [0.5, 0.6) is 11.5 Å². The van der Waals surface area contributed by atoms with E-state index in [1.807, 2.05) is 0 Å². The summed E-state index contributed by atoms with van der Waals surface area (Å²) in [5.41, 5.74) is -1.14. The molecule has 5 nitrogen and oxygen atoms in total. The summed E-state index contributed by atoms with van der Waals surface area (Å²) in [7, 11) is 2.43. The number of hydrogen-bond donors (Lipinski definition) is 1. The van der Waals surface area contributed by atoms with E-state index < -0.39 is 29.1 Å². The quantitative estimate of drug-likeness (QED) is 0.603. The first-order valence-electron chi connectivity index (χ1n) is 7.86. The van der Waals surface area contributed by atoms with E-state index in [-0.39, 0.29) is 35.5 Å². The summed E-state index contributed by atoms with van der Waals surface area (Å²) in [4.78, 5) is 23.9. The number of ether oxygens (including phenoxy) is 2. The second-order valence-electron chi connectivity index (χ2n) is 5.67. The number of aryl methyl sites for hydroxylation is 1. The number of hydrogen-bond acceptors (Lipinski definition) is 5. The van der Waals surface area contributed by atoms with Gasteiger partial charge in [-0.1, -0.05) is 0 Å².